The van der Waals surface area contributed by atoms with Gasteiger partial charge in [0.2, 0.25) is 5.91 Å². The van der Waals surface area contributed by atoms with Crippen molar-refractivity contribution in [1.82, 2.24) is 0 Å². The first-order valence-electron chi connectivity index (χ1n) is 9.30. The van der Waals surface area contributed by atoms with E-state index in [1.54, 1.807) is 6.07 Å². The number of rotatable bonds is 7. The van der Waals surface area contributed by atoms with E-state index in [0.29, 0.717) is 5.56 Å². The summed E-state index contributed by atoms with van der Waals surface area (Å²) in [5, 5.41) is 7.12. The fourth-order valence-electron chi connectivity index (χ4n) is 2.60. The lowest BCUT2D eigenvalue weighted by molar-refractivity contribution is -0.192. The molecular formula is C22H26F3NO3. The maximum atomic E-state index is 11.3. The van der Waals surface area contributed by atoms with E-state index in [1.807, 2.05) is 18.2 Å². The van der Waals surface area contributed by atoms with Gasteiger partial charge in [-0.05, 0) is 47.6 Å². The van der Waals surface area contributed by atoms with E-state index in [1.165, 1.54) is 24.8 Å². The molecule has 4 nitrogen and oxygen atoms in total. The van der Waals surface area contributed by atoms with E-state index in [4.69, 9.17) is 15.6 Å². The second-order valence-electron chi connectivity index (χ2n) is 7.08. The number of benzene rings is 2. The second kappa shape index (κ2) is 11.2. The molecule has 0 aliphatic carbocycles. The molecular weight excluding hydrogens is 383 g/mol. The molecule has 0 saturated heterocycles. The van der Waals surface area contributed by atoms with Crippen molar-refractivity contribution in [1.29, 1.82) is 0 Å². The number of aryl methyl sites for hydroxylation is 1. The number of carbonyl (C=O) groups excluding carboxylic acids is 1. The Kier molecular flexibility index (Phi) is 9.38. The van der Waals surface area contributed by atoms with Crippen LogP contribution in [0.25, 0.3) is 11.1 Å². The van der Waals surface area contributed by atoms with Crippen molar-refractivity contribution in [2.75, 3.05) is 0 Å². The van der Waals surface area contributed by atoms with Crippen molar-refractivity contribution in [3.63, 3.8) is 0 Å². The number of hydrogen-bond acceptors (Lipinski definition) is 2. The summed E-state index contributed by atoms with van der Waals surface area (Å²) >= 11 is 0. The highest BCUT2D eigenvalue weighted by Crippen LogP contribution is 2.22. The van der Waals surface area contributed by atoms with Crippen molar-refractivity contribution >= 4 is 11.9 Å². The molecule has 0 fully saturated rings. The number of amides is 1. The monoisotopic (exact) mass is 409 g/mol. The molecule has 0 aliphatic rings. The number of unbranched alkanes of at least 4 members (excludes halogenated alkanes) is 1. The number of aliphatic carboxylic acids is 1. The fourth-order valence-corrected chi connectivity index (χ4v) is 2.60. The largest absolute Gasteiger partial charge is 0.490 e. The van der Waals surface area contributed by atoms with E-state index >= 15 is 0 Å². The standard InChI is InChI=1S/C20H25NO.C2HF3O2/c1-15(2)6-3-4-7-16-10-12-17(13-11-16)18-8-5-9-19(14-18)20(21)22;3-2(4,5)1(6)7/h5,8-15H,3-4,6-7H2,1-2H3,(H2,21,22);(H,6,7). The van der Waals surface area contributed by atoms with Gasteiger partial charge in [-0.25, -0.2) is 4.79 Å². The predicted molar refractivity (Wildman–Crippen MR) is 106 cm³/mol. The molecule has 0 radical (unpaired) electrons. The third-order valence-corrected chi connectivity index (χ3v) is 4.17. The maximum Gasteiger partial charge on any atom is 0.490 e. The first kappa shape index (κ1) is 24.2. The molecule has 0 bridgehead atoms. The molecule has 0 saturated carbocycles. The summed E-state index contributed by atoms with van der Waals surface area (Å²) in [5.74, 6) is -2.35. The zero-order valence-corrected chi connectivity index (χ0v) is 16.5. The first-order valence-corrected chi connectivity index (χ1v) is 9.30. The average molecular weight is 409 g/mol. The summed E-state index contributed by atoms with van der Waals surface area (Å²) in [7, 11) is 0. The summed E-state index contributed by atoms with van der Waals surface area (Å²) in [6.45, 7) is 4.55. The topological polar surface area (TPSA) is 80.4 Å². The van der Waals surface area contributed by atoms with Crippen LogP contribution in [-0.4, -0.2) is 23.2 Å². The van der Waals surface area contributed by atoms with E-state index in [9.17, 15) is 18.0 Å². The number of hydrogen-bond donors (Lipinski definition) is 2. The van der Waals surface area contributed by atoms with E-state index < -0.39 is 12.1 Å². The molecule has 158 valence electrons. The van der Waals surface area contributed by atoms with Crippen LogP contribution in [-0.2, 0) is 11.2 Å². The van der Waals surface area contributed by atoms with Crippen LogP contribution in [0.3, 0.4) is 0 Å². The maximum absolute atomic E-state index is 11.3. The summed E-state index contributed by atoms with van der Waals surface area (Å²) in [5.41, 5.74) is 9.41. The number of nitrogens with two attached hydrogens (primary N) is 1. The van der Waals surface area contributed by atoms with Crippen LogP contribution in [0.4, 0.5) is 13.2 Å². The highest BCUT2D eigenvalue weighted by molar-refractivity contribution is 5.94. The molecule has 2 rings (SSSR count). The van der Waals surface area contributed by atoms with Crippen molar-refractivity contribution < 1.29 is 27.9 Å². The molecule has 0 atom stereocenters. The van der Waals surface area contributed by atoms with Crippen LogP contribution < -0.4 is 5.73 Å². The van der Waals surface area contributed by atoms with Gasteiger partial charge in [-0.3, -0.25) is 4.79 Å². The zero-order valence-electron chi connectivity index (χ0n) is 16.5. The fraction of sp³-hybridized carbons (Fsp3) is 0.364. The summed E-state index contributed by atoms with van der Waals surface area (Å²) in [6.07, 6.45) is -0.110. The lowest BCUT2D eigenvalue weighted by atomic mass is 9.99. The van der Waals surface area contributed by atoms with Gasteiger partial charge < -0.3 is 10.8 Å². The lowest BCUT2D eigenvalue weighted by Crippen LogP contribution is -2.21. The highest BCUT2D eigenvalue weighted by atomic mass is 19.4. The normalized spacial score (nSPS) is 11.0. The molecule has 2 aromatic carbocycles. The Morgan fingerprint density at radius 3 is 2.07 bits per heavy atom. The molecule has 2 aromatic rings. The minimum atomic E-state index is -5.08. The van der Waals surface area contributed by atoms with E-state index in [0.717, 1.165) is 23.5 Å². The highest BCUT2D eigenvalue weighted by Gasteiger charge is 2.38. The zero-order chi connectivity index (χ0) is 22.0. The van der Waals surface area contributed by atoms with Crippen LogP contribution in [0.1, 0.15) is 49.0 Å². The van der Waals surface area contributed by atoms with E-state index in [-0.39, 0.29) is 5.91 Å². The first-order chi connectivity index (χ1) is 13.5. The van der Waals surface area contributed by atoms with Crippen LogP contribution in [0.5, 0.6) is 0 Å². The molecule has 29 heavy (non-hydrogen) atoms. The van der Waals surface area contributed by atoms with Gasteiger partial charge in [-0.1, -0.05) is 63.1 Å². The van der Waals surface area contributed by atoms with Crippen molar-refractivity contribution in [2.24, 2.45) is 11.7 Å². The Morgan fingerprint density at radius 2 is 1.59 bits per heavy atom. The Balaban J connectivity index is 0.000000516. The number of carbonyl (C=O) groups is 2. The van der Waals surface area contributed by atoms with Gasteiger partial charge in [0.05, 0.1) is 0 Å². The summed E-state index contributed by atoms with van der Waals surface area (Å²) in [6, 6.07) is 16.1. The number of primary amides is 1. The third-order valence-electron chi connectivity index (χ3n) is 4.17. The quantitative estimate of drug-likeness (QED) is 0.596. The number of halogens is 3. The van der Waals surface area contributed by atoms with Gasteiger partial charge in [0, 0.05) is 5.56 Å². The van der Waals surface area contributed by atoms with Crippen molar-refractivity contribution in [3.8, 4) is 11.1 Å². The van der Waals surface area contributed by atoms with Gasteiger partial charge in [0.1, 0.15) is 0 Å². The summed E-state index contributed by atoms with van der Waals surface area (Å²) in [4.78, 5) is 20.2. The summed E-state index contributed by atoms with van der Waals surface area (Å²) < 4.78 is 31.7. The Bertz CT molecular complexity index is 800. The Morgan fingerprint density at radius 1 is 1.00 bits per heavy atom. The van der Waals surface area contributed by atoms with Crippen molar-refractivity contribution in [3.05, 3.63) is 59.7 Å². The van der Waals surface area contributed by atoms with Crippen LogP contribution in [0.15, 0.2) is 48.5 Å². The molecule has 7 heteroatoms. The van der Waals surface area contributed by atoms with E-state index in [2.05, 4.69) is 38.1 Å². The Hall–Kier alpha value is -2.83. The smallest absolute Gasteiger partial charge is 0.475 e. The van der Waals surface area contributed by atoms with Crippen LogP contribution >= 0.6 is 0 Å². The predicted octanol–water partition coefficient (Wildman–Crippen LogP) is 5.45. The minimum Gasteiger partial charge on any atom is -0.475 e. The molecule has 0 spiro atoms. The molecule has 0 aliphatic heterocycles. The van der Waals surface area contributed by atoms with Crippen LogP contribution in [0.2, 0.25) is 0 Å². The third kappa shape index (κ3) is 9.27. The number of alkyl halides is 3. The van der Waals surface area contributed by atoms with Gasteiger partial charge >= 0.3 is 12.1 Å². The molecule has 3 N–H and O–H groups in total. The molecule has 0 aromatic heterocycles. The number of carboxylic acid groups (broad SMARTS) is 1. The van der Waals surface area contributed by atoms with Gasteiger partial charge in [-0.2, -0.15) is 13.2 Å². The van der Waals surface area contributed by atoms with Gasteiger partial charge in [0.15, 0.2) is 0 Å². The average Bonchev–Trinajstić information content (AvgIpc) is 2.65. The number of carboxylic acids is 1. The minimum absolute atomic E-state index is 0.386. The van der Waals surface area contributed by atoms with Gasteiger partial charge in [-0.15, -0.1) is 0 Å². The molecule has 0 unspecified atom stereocenters. The molecule has 0 heterocycles. The van der Waals surface area contributed by atoms with Gasteiger partial charge in [0.25, 0.3) is 0 Å². The Labute approximate surface area is 168 Å². The SMILES string of the molecule is CC(C)CCCCc1ccc(-c2cccc(C(N)=O)c2)cc1.O=C(O)C(F)(F)F. The second-order valence-corrected chi connectivity index (χ2v) is 7.08. The van der Waals surface area contributed by atoms with Crippen LogP contribution in [0, 0.1) is 5.92 Å². The molecule has 1 amide bonds. The lowest BCUT2D eigenvalue weighted by Gasteiger charge is -2.07. The van der Waals surface area contributed by atoms with Crippen molar-refractivity contribution in [2.45, 2.75) is 45.7 Å².